The van der Waals surface area contributed by atoms with E-state index in [2.05, 4.69) is 13.8 Å². The Balaban J connectivity index is 2.56. The van der Waals surface area contributed by atoms with Crippen molar-refractivity contribution in [3.8, 4) is 0 Å². The van der Waals surface area contributed by atoms with Crippen molar-refractivity contribution in [2.24, 2.45) is 0 Å². The van der Waals surface area contributed by atoms with Gasteiger partial charge in [-0.2, -0.15) is 0 Å². The second-order valence-electron chi connectivity index (χ2n) is 4.34. The number of hydrogen-bond donors (Lipinski definition) is 0. The van der Waals surface area contributed by atoms with E-state index in [4.69, 9.17) is 9.05 Å². The van der Waals surface area contributed by atoms with Crippen LogP contribution >= 0.6 is 7.75 Å². The summed E-state index contributed by atoms with van der Waals surface area (Å²) in [5.74, 6) is 0. The van der Waals surface area contributed by atoms with Crippen molar-refractivity contribution >= 4 is 7.75 Å². The van der Waals surface area contributed by atoms with E-state index in [1.807, 2.05) is 11.6 Å². The van der Waals surface area contributed by atoms with Gasteiger partial charge >= 0.3 is 7.75 Å². The van der Waals surface area contributed by atoms with E-state index < -0.39 is 7.75 Å². The lowest BCUT2D eigenvalue weighted by Crippen LogP contribution is -2.23. The molecule has 1 saturated heterocycles. The van der Waals surface area contributed by atoms with Crippen molar-refractivity contribution in [1.29, 1.82) is 0 Å². The number of rotatable bonds is 7. The first-order valence-corrected chi connectivity index (χ1v) is 7.80. The topological polar surface area (TPSA) is 38.8 Å². The van der Waals surface area contributed by atoms with E-state index >= 15 is 0 Å². The molecule has 0 aromatic rings. The number of hydrogen-bond acceptors (Lipinski definition) is 3. The van der Waals surface area contributed by atoms with Crippen LogP contribution in [0.5, 0.6) is 0 Å². The fourth-order valence-electron chi connectivity index (χ4n) is 1.67. The molecule has 0 N–H and O–H groups in total. The SMILES string of the molecule is CCCCN(CCCC)P1(=O)OCC(C)O1. The van der Waals surface area contributed by atoms with Crippen LogP contribution in [0.3, 0.4) is 0 Å². The van der Waals surface area contributed by atoms with Gasteiger partial charge < -0.3 is 0 Å². The fourth-order valence-corrected chi connectivity index (χ4v) is 3.72. The first kappa shape index (κ1) is 14.2. The minimum absolute atomic E-state index is 0.0448. The summed E-state index contributed by atoms with van der Waals surface area (Å²) in [5, 5.41) is 0. The van der Waals surface area contributed by atoms with Crippen molar-refractivity contribution < 1.29 is 13.6 Å². The Morgan fingerprint density at radius 1 is 1.25 bits per heavy atom. The van der Waals surface area contributed by atoms with Gasteiger partial charge in [0.05, 0.1) is 12.7 Å². The molecular formula is C11H24NO3P. The highest BCUT2D eigenvalue weighted by atomic mass is 31.2. The molecule has 1 heterocycles. The highest BCUT2D eigenvalue weighted by molar-refractivity contribution is 7.51. The minimum Gasteiger partial charge on any atom is -0.294 e. The van der Waals surface area contributed by atoms with Gasteiger partial charge in [-0.3, -0.25) is 9.05 Å². The average Bonchev–Trinajstić information content (AvgIpc) is 2.60. The summed E-state index contributed by atoms with van der Waals surface area (Å²) in [5.41, 5.74) is 0. The lowest BCUT2D eigenvalue weighted by atomic mass is 10.3. The Morgan fingerprint density at radius 2 is 1.81 bits per heavy atom. The highest BCUT2D eigenvalue weighted by Gasteiger charge is 2.40. The third-order valence-electron chi connectivity index (χ3n) is 2.67. The second-order valence-corrected chi connectivity index (χ2v) is 6.31. The van der Waals surface area contributed by atoms with Gasteiger partial charge in [-0.05, 0) is 19.8 Å². The summed E-state index contributed by atoms with van der Waals surface area (Å²) in [6, 6.07) is 0. The summed E-state index contributed by atoms with van der Waals surface area (Å²) in [4.78, 5) is 0. The van der Waals surface area contributed by atoms with E-state index in [-0.39, 0.29) is 6.10 Å². The number of unbranched alkanes of at least 4 members (excludes halogenated alkanes) is 2. The molecule has 16 heavy (non-hydrogen) atoms. The Bertz CT molecular complexity index is 239. The summed E-state index contributed by atoms with van der Waals surface area (Å²) >= 11 is 0. The summed E-state index contributed by atoms with van der Waals surface area (Å²) < 4.78 is 25.2. The van der Waals surface area contributed by atoms with E-state index in [9.17, 15) is 4.57 Å². The van der Waals surface area contributed by atoms with Gasteiger partial charge in [0.15, 0.2) is 0 Å². The Labute approximate surface area is 98.9 Å². The quantitative estimate of drug-likeness (QED) is 0.648. The second kappa shape index (κ2) is 6.75. The lowest BCUT2D eigenvalue weighted by Gasteiger charge is -2.25. The monoisotopic (exact) mass is 249 g/mol. The maximum absolute atomic E-state index is 12.4. The van der Waals surface area contributed by atoms with Gasteiger partial charge in [-0.1, -0.05) is 26.7 Å². The molecular weight excluding hydrogens is 225 g/mol. The zero-order valence-electron chi connectivity index (χ0n) is 10.6. The third-order valence-corrected chi connectivity index (χ3v) is 4.87. The van der Waals surface area contributed by atoms with Crippen LogP contribution in [0.25, 0.3) is 0 Å². The summed E-state index contributed by atoms with van der Waals surface area (Å²) in [6.45, 7) is 8.23. The molecule has 1 aliphatic heterocycles. The minimum atomic E-state index is -2.96. The molecule has 0 aromatic heterocycles. The van der Waals surface area contributed by atoms with Crippen LogP contribution in [0.4, 0.5) is 0 Å². The van der Waals surface area contributed by atoms with E-state index in [0.717, 1.165) is 38.8 Å². The standard InChI is InChI=1S/C11H24NO3P/c1-4-6-8-12(9-7-5-2)16(13)14-10-11(3)15-16/h11H,4-10H2,1-3H3. The van der Waals surface area contributed by atoms with Crippen LogP contribution in [0.2, 0.25) is 0 Å². The van der Waals surface area contributed by atoms with Crippen molar-refractivity contribution in [1.82, 2.24) is 4.67 Å². The summed E-state index contributed by atoms with van der Waals surface area (Å²) in [6.07, 6.45) is 4.22. The largest absolute Gasteiger partial charge is 0.408 e. The zero-order valence-corrected chi connectivity index (χ0v) is 11.5. The highest BCUT2D eigenvalue weighted by Crippen LogP contribution is 2.57. The van der Waals surface area contributed by atoms with E-state index in [0.29, 0.717) is 6.61 Å². The Hall–Kier alpha value is 0.110. The Kier molecular flexibility index (Phi) is 5.98. The molecule has 2 unspecified atom stereocenters. The lowest BCUT2D eigenvalue weighted by molar-refractivity contribution is 0.228. The molecule has 0 aromatic carbocycles. The first-order valence-electron chi connectivity index (χ1n) is 6.30. The van der Waals surface area contributed by atoms with Crippen LogP contribution in [-0.2, 0) is 13.6 Å². The van der Waals surface area contributed by atoms with Crippen molar-refractivity contribution in [3.05, 3.63) is 0 Å². The van der Waals surface area contributed by atoms with Gasteiger partial charge in [0.2, 0.25) is 0 Å². The Morgan fingerprint density at radius 3 is 2.19 bits per heavy atom. The molecule has 2 atom stereocenters. The van der Waals surface area contributed by atoms with Crippen LogP contribution < -0.4 is 0 Å². The van der Waals surface area contributed by atoms with E-state index in [1.165, 1.54) is 0 Å². The third kappa shape index (κ3) is 3.85. The van der Waals surface area contributed by atoms with Crippen LogP contribution in [-0.4, -0.2) is 30.5 Å². The van der Waals surface area contributed by atoms with Gasteiger partial charge in [0, 0.05) is 13.1 Å². The molecule has 1 aliphatic rings. The van der Waals surface area contributed by atoms with Crippen LogP contribution in [0.1, 0.15) is 46.5 Å². The molecule has 0 saturated carbocycles. The van der Waals surface area contributed by atoms with Crippen molar-refractivity contribution in [3.63, 3.8) is 0 Å². The molecule has 96 valence electrons. The smallest absolute Gasteiger partial charge is 0.294 e. The molecule has 0 spiro atoms. The predicted molar refractivity (Wildman–Crippen MR) is 65.5 cm³/mol. The van der Waals surface area contributed by atoms with Crippen LogP contribution in [0, 0.1) is 0 Å². The zero-order chi connectivity index (χ0) is 12.0. The first-order chi connectivity index (χ1) is 7.62. The van der Waals surface area contributed by atoms with Crippen LogP contribution in [0.15, 0.2) is 0 Å². The number of nitrogens with zero attached hydrogens (tertiary/aromatic N) is 1. The molecule has 0 amide bonds. The predicted octanol–water partition coefficient (Wildman–Crippen LogP) is 3.43. The van der Waals surface area contributed by atoms with Gasteiger partial charge in [0.25, 0.3) is 0 Å². The van der Waals surface area contributed by atoms with Crippen molar-refractivity contribution in [2.75, 3.05) is 19.7 Å². The van der Waals surface area contributed by atoms with Gasteiger partial charge in [-0.15, -0.1) is 0 Å². The van der Waals surface area contributed by atoms with Gasteiger partial charge in [0.1, 0.15) is 0 Å². The molecule has 4 nitrogen and oxygen atoms in total. The normalized spacial score (nSPS) is 30.1. The van der Waals surface area contributed by atoms with E-state index in [1.54, 1.807) is 0 Å². The molecule has 1 fully saturated rings. The molecule has 5 heteroatoms. The fraction of sp³-hybridized carbons (Fsp3) is 1.00. The summed E-state index contributed by atoms with van der Waals surface area (Å²) in [7, 11) is -2.96. The molecule has 0 aliphatic carbocycles. The van der Waals surface area contributed by atoms with Crippen molar-refractivity contribution in [2.45, 2.75) is 52.6 Å². The van der Waals surface area contributed by atoms with Gasteiger partial charge in [-0.25, -0.2) is 9.24 Å². The maximum atomic E-state index is 12.4. The molecule has 0 radical (unpaired) electrons. The molecule has 0 bridgehead atoms. The average molecular weight is 249 g/mol. The molecule has 1 rings (SSSR count). The maximum Gasteiger partial charge on any atom is 0.408 e.